The van der Waals surface area contributed by atoms with Gasteiger partial charge < -0.3 is 25.3 Å². The Morgan fingerprint density at radius 3 is 2.83 bits per heavy atom. The Labute approximate surface area is 211 Å². The Hall–Kier alpha value is -3.88. The van der Waals surface area contributed by atoms with E-state index in [1.54, 1.807) is 36.9 Å². The van der Waals surface area contributed by atoms with E-state index < -0.39 is 11.7 Å². The van der Waals surface area contributed by atoms with Crippen molar-refractivity contribution in [3.8, 4) is 11.8 Å². The van der Waals surface area contributed by atoms with Gasteiger partial charge in [-0.25, -0.2) is 14.1 Å². The lowest BCUT2D eigenvalue weighted by molar-refractivity contribution is -0.127. The van der Waals surface area contributed by atoms with Crippen LogP contribution in [0.5, 0.6) is 0 Å². The number of nitrogens with one attached hydrogen (secondary N) is 1. The van der Waals surface area contributed by atoms with Crippen LogP contribution >= 0.6 is 11.6 Å². The van der Waals surface area contributed by atoms with Crippen LogP contribution in [0.2, 0.25) is 5.02 Å². The fraction of sp³-hybridized carbons (Fsp3) is 0.333. The van der Waals surface area contributed by atoms with Gasteiger partial charge in [-0.3, -0.25) is 9.59 Å². The Kier molecular flexibility index (Phi) is 7.01. The van der Waals surface area contributed by atoms with Crippen LogP contribution in [0, 0.1) is 17.7 Å². The zero-order chi connectivity index (χ0) is 26.1. The van der Waals surface area contributed by atoms with Crippen molar-refractivity contribution in [3.63, 3.8) is 0 Å². The van der Waals surface area contributed by atoms with E-state index in [1.165, 1.54) is 17.0 Å². The zero-order valence-corrected chi connectivity index (χ0v) is 20.8. The highest BCUT2D eigenvalue weighted by Gasteiger charge is 2.37. The minimum atomic E-state index is -0.738. The van der Waals surface area contributed by atoms with Gasteiger partial charge in [0.15, 0.2) is 11.5 Å². The number of carbonyl (C=O) groups is 2. The summed E-state index contributed by atoms with van der Waals surface area (Å²) in [6, 6.07) is 1.09. The van der Waals surface area contributed by atoms with E-state index in [0.29, 0.717) is 30.9 Å². The second-order valence-electron chi connectivity index (χ2n) is 8.35. The van der Waals surface area contributed by atoms with E-state index in [0.717, 1.165) is 0 Å². The lowest BCUT2D eigenvalue weighted by Crippen LogP contribution is -2.37. The second kappa shape index (κ2) is 10.0. The first-order valence-electron chi connectivity index (χ1n) is 11.0. The molecule has 0 bridgehead atoms. The van der Waals surface area contributed by atoms with Crippen molar-refractivity contribution in [2.24, 2.45) is 12.8 Å². The number of methoxy groups -OCH3 is 1. The SMILES string of the molecule is C=CC(=O)N1CC(n2nc(C#Cc3cc4ncn(C)c4c(F)c3Cl)c(C(N)=O)c2NC)C[C@@H]1COC. The molecule has 0 aliphatic carbocycles. The van der Waals surface area contributed by atoms with Gasteiger partial charge in [0.25, 0.3) is 5.91 Å². The average molecular weight is 514 g/mol. The number of amides is 2. The predicted octanol–water partition coefficient (Wildman–Crippen LogP) is 2.08. The largest absolute Gasteiger partial charge is 0.383 e. The first-order chi connectivity index (χ1) is 17.2. The molecule has 0 spiro atoms. The van der Waals surface area contributed by atoms with Crippen LogP contribution < -0.4 is 11.1 Å². The summed E-state index contributed by atoms with van der Waals surface area (Å²) in [5.41, 5.74) is 6.70. The molecule has 10 nitrogen and oxygen atoms in total. The van der Waals surface area contributed by atoms with Crippen LogP contribution in [0.1, 0.15) is 34.1 Å². The fourth-order valence-electron chi connectivity index (χ4n) is 4.53. The zero-order valence-electron chi connectivity index (χ0n) is 20.0. The van der Waals surface area contributed by atoms with Crippen LogP contribution in [0.4, 0.5) is 10.2 Å². The number of imidazole rings is 1. The average Bonchev–Trinajstić information content (AvgIpc) is 3.55. The van der Waals surface area contributed by atoms with Crippen molar-refractivity contribution in [1.82, 2.24) is 24.2 Å². The van der Waals surface area contributed by atoms with E-state index in [4.69, 9.17) is 22.1 Å². The number of rotatable bonds is 6. The van der Waals surface area contributed by atoms with Crippen molar-refractivity contribution in [1.29, 1.82) is 0 Å². The summed E-state index contributed by atoms with van der Waals surface area (Å²) in [6.45, 7) is 4.23. The Bertz CT molecular complexity index is 1440. The number of carbonyl (C=O) groups excluding carboxylic acids is 2. The number of hydrogen-bond donors (Lipinski definition) is 2. The van der Waals surface area contributed by atoms with Crippen LogP contribution in [-0.2, 0) is 16.6 Å². The number of nitrogens with zero attached hydrogens (tertiary/aromatic N) is 5. The summed E-state index contributed by atoms with van der Waals surface area (Å²) in [7, 11) is 4.85. The highest BCUT2D eigenvalue weighted by molar-refractivity contribution is 6.32. The summed E-state index contributed by atoms with van der Waals surface area (Å²) in [5.74, 6) is 4.38. The Balaban J connectivity index is 1.78. The van der Waals surface area contributed by atoms with Gasteiger partial charge in [-0.05, 0) is 24.5 Å². The van der Waals surface area contributed by atoms with Gasteiger partial charge in [0.2, 0.25) is 5.91 Å². The van der Waals surface area contributed by atoms with E-state index in [1.807, 2.05) is 0 Å². The molecule has 2 atom stereocenters. The van der Waals surface area contributed by atoms with Crippen LogP contribution in [-0.4, -0.2) is 69.4 Å². The predicted molar refractivity (Wildman–Crippen MR) is 133 cm³/mol. The number of primary amides is 1. The summed E-state index contributed by atoms with van der Waals surface area (Å²) in [5, 5.41) is 7.36. The Morgan fingerprint density at radius 2 is 2.19 bits per heavy atom. The van der Waals surface area contributed by atoms with Crippen molar-refractivity contribution in [3.05, 3.63) is 52.7 Å². The van der Waals surface area contributed by atoms with Gasteiger partial charge in [-0.1, -0.05) is 24.1 Å². The third-order valence-corrected chi connectivity index (χ3v) is 6.52. The molecule has 1 aliphatic heterocycles. The maximum absolute atomic E-state index is 14.8. The summed E-state index contributed by atoms with van der Waals surface area (Å²) in [4.78, 5) is 30.6. The molecule has 4 rings (SSSR count). The third kappa shape index (κ3) is 4.29. The minimum absolute atomic E-state index is 0.0808. The van der Waals surface area contributed by atoms with Crippen LogP contribution in [0.15, 0.2) is 25.0 Å². The molecule has 1 aliphatic rings. The van der Waals surface area contributed by atoms with Gasteiger partial charge in [0, 0.05) is 33.3 Å². The summed E-state index contributed by atoms with van der Waals surface area (Å²) >= 11 is 6.24. The number of aromatic nitrogens is 4. The number of halogens is 2. The minimum Gasteiger partial charge on any atom is -0.383 e. The molecule has 36 heavy (non-hydrogen) atoms. The number of anilines is 1. The third-order valence-electron chi connectivity index (χ3n) is 6.15. The van der Waals surface area contributed by atoms with Crippen molar-refractivity contribution in [2.75, 3.05) is 32.6 Å². The van der Waals surface area contributed by atoms with E-state index >= 15 is 0 Å². The molecule has 1 fully saturated rings. The molecule has 1 saturated heterocycles. The number of aryl methyl sites for hydroxylation is 1. The molecule has 12 heteroatoms. The molecule has 1 aromatic carbocycles. The number of likely N-dealkylation sites (tertiary alicyclic amines) is 1. The standard InChI is InChI=1S/C24H25ClFN7O3/c1-5-18(34)32-10-14(9-15(32)11-36-4)33-24(28-2)19(23(27)35)16(30-33)7-6-13-8-17-22(21(26)20(13)25)31(3)12-29-17/h5,8,12,14-15,28H,1,9-11H2,2-4H3,(H2,27,35)/t14?,15-/m1/s1. The molecule has 2 amide bonds. The first kappa shape index (κ1) is 25.2. The van der Waals surface area contributed by atoms with Crippen LogP contribution in [0.25, 0.3) is 11.0 Å². The second-order valence-corrected chi connectivity index (χ2v) is 8.73. The molecule has 3 heterocycles. The van der Waals surface area contributed by atoms with Crippen molar-refractivity contribution in [2.45, 2.75) is 18.5 Å². The van der Waals surface area contributed by atoms with E-state index in [-0.39, 0.29) is 45.4 Å². The van der Waals surface area contributed by atoms with Gasteiger partial charge in [0.1, 0.15) is 16.9 Å². The quantitative estimate of drug-likeness (QED) is 0.384. The monoisotopic (exact) mass is 513 g/mol. The number of benzene rings is 1. The normalized spacial score (nSPS) is 17.2. The molecular weight excluding hydrogens is 489 g/mol. The van der Waals surface area contributed by atoms with Gasteiger partial charge in [0.05, 0.1) is 35.6 Å². The molecule has 0 radical (unpaired) electrons. The van der Waals surface area contributed by atoms with E-state index in [9.17, 15) is 14.0 Å². The molecular formula is C24H25ClFN7O3. The van der Waals surface area contributed by atoms with E-state index in [2.05, 4.69) is 33.8 Å². The molecule has 1 unspecified atom stereocenters. The van der Waals surface area contributed by atoms with Crippen LogP contribution in [0.3, 0.4) is 0 Å². The van der Waals surface area contributed by atoms with Crippen molar-refractivity contribution < 1.29 is 18.7 Å². The molecule has 188 valence electrons. The highest BCUT2D eigenvalue weighted by Crippen LogP contribution is 2.33. The Morgan fingerprint density at radius 1 is 1.44 bits per heavy atom. The lowest BCUT2D eigenvalue weighted by Gasteiger charge is -2.22. The van der Waals surface area contributed by atoms with Gasteiger partial charge in [-0.2, -0.15) is 5.10 Å². The number of nitrogens with two attached hydrogens (primary N) is 1. The molecule has 2 aromatic heterocycles. The molecule has 3 aromatic rings. The molecule has 3 N–H and O–H groups in total. The topological polar surface area (TPSA) is 120 Å². The van der Waals surface area contributed by atoms with Gasteiger partial charge in [-0.15, -0.1) is 0 Å². The summed E-state index contributed by atoms with van der Waals surface area (Å²) < 4.78 is 23.2. The summed E-state index contributed by atoms with van der Waals surface area (Å²) in [6.07, 6.45) is 3.26. The first-order valence-corrected chi connectivity index (χ1v) is 11.4. The maximum atomic E-state index is 14.8. The lowest BCUT2D eigenvalue weighted by atomic mass is 10.1. The van der Waals surface area contributed by atoms with Gasteiger partial charge >= 0.3 is 0 Å². The smallest absolute Gasteiger partial charge is 0.255 e. The highest BCUT2D eigenvalue weighted by atomic mass is 35.5. The van der Waals surface area contributed by atoms with Crippen molar-refractivity contribution >= 4 is 40.3 Å². The maximum Gasteiger partial charge on any atom is 0.255 e. The molecule has 0 saturated carbocycles. The fourth-order valence-corrected chi connectivity index (χ4v) is 4.72. The number of fused-ring (bicyclic) bond motifs is 1. The number of hydrogen-bond acceptors (Lipinski definition) is 6. The number of ether oxygens (including phenoxy) is 1.